The number of carbonyl (C=O) groups excluding carboxylic acids is 4. The van der Waals surface area contributed by atoms with Crippen molar-refractivity contribution in [2.24, 2.45) is 0 Å². The molecule has 8 rings (SSSR count). The fourth-order valence-corrected chi connectivity index (χ4v) is 7.10. The topological polar surface area (TPSA) is 185 Å². The number of halogens is 3. The molecular formula is C48H41BrF2N6O8. The van der Waals surface area contributed by atoms with Crippen LogP contribution in [0.2, 0.25) is 0 Å². The van der Waals surface area contributed by atoms with E-state index in [0.717, 1.165) is 4.47 Å². The van der Waals surface area contributed by atoms with E-state index in [1.807, 2.05) is 12.1 Å². The Bertz CT molecular complexity index is 2950. The maximum atomic E-state index is 14.5. The Kier molecular flexibility index (Phi) is 14.6. The predicted molar refractivity (Wildman–Crippen MR) is 240 cm³/mol. The van der Waals surface area contributed by atoms with Crippen molar-refractivity contribution in [2.75, 3.05) is 40.4 Å². The van der Waals surface area contributed by atoms with E-state index in [1.54, 1.807) is 76.5 Å². The number of esters is 2. The van der Waals surface area contributed by atoms with Crippen LogP contribution in [0.3, 0.4) is 0 Å². The molecule has 0 bridgehead atoms. The SMILES string of the molecule is C#C[C@]1(O)CCN(C)C1=O.CCOC(=O)c1nc(-c2cccc(Br)c2)nc2c(F)cccc12.CCOC(=O)c1nc(-c2cccc(C#C[C@]3(O)CCN(C)C3=O)c2)nc2c(F)cccc12. The van der Waals surface area contributed by atoms with E-state index < -0.39 is 40.7 Å². The zero-order valence-corrected chi connectivity index (χ0v) is 37.1. The first-order valence-electron chi connectivity index (χ1n) is 20.1. The molecule has 14 nitrogen and oxygen atoms in total. The molecule has 0 radical (unpaired) electrons. The van der Waals surface area contributed by atoms with Gasteiger partial charge in [-0.1, -0.05) is 82.2 Å². The van der Waals surface area contributed by atoms with Crippen LogP contribution in [0.1, 0.15) is 53.2 Å². The number of benzene rings is 4. The summed E-state index contributed by atoms with van der Waals surface area (Å²) in [6, 6.07) is 22.7. The number of aromatic nitrogens is 4. The predicted octanol–water partition coefficient (Wildman–Crippen LogP) is 6.15. The van der Waals surface area contributed by atoms with E-state index in [2.05, 4.69) is 53.6 Å². The average Bonchev–Trinajstić information content (AvgIpc) is 3.72. The van der Waals surface area contributed by atoms with Crippen LogP contribution in [-0.2, 0) is 19.1 Å². The highest BCUT2D eigenvalue weighted by atomic mass is 79.9. The summed E-state index contributed by atoms with van der Waals surface area (Å²) in [6.07, 6.45) is 5.55. The number of aliphatic hydroxyl groups is 2. The van der Waals surface area contributed by atoms with E-state index in [1.165, 1.54) is 34.1 Å². The van der Waals surface area contributed by atoms with Gasteiger partial charge in [0.1, 0.15) is 22.7 Å². The molecular weight excluding hydrogens is 906 g/mol. The van der Waals surface area contributed by atoms with E-state index in [4.69, 9.17) is 15.9 Å². The Morgan fingerprint density at radius 1 is 0.723 bits per heavy atom. The summed E-state index contributed by atoms with van der Waals surface area (Å²) in [6.45, 7) is 4.71. The number of para-hydroxylation sites is 2. The van der Waals surface area contributed by atoms with Gasteiger partial charge in [0.05, 0.1) is 13.2 Å². The third-order valence-electron chi connectivity index (χ3n) is 10.2. The van der Waals surface area contributed by atoms with Crippen LogP contribution in [-0.4, -0.2) is 115 Å². The van der Waals surface area contributed by atoms with Crippen LogP contribution < -0.4 is 0 Å². The lowest BCUT2D eigenvalue weighted by molar-refractivity contribution is -0.138. The van der Waals surface area contributed by atoms with Gasteiger partial charge in [-0.2, -0.15) is 0 Å². The van der Waals surface area contributed by atoms with Gasteiger partial charge in [0.25, 0.3) is 11.8 Å². The fourth-order valence-electron chi connectivity index (χ4n) is 6.70. The molecule has 2 saturated heterocycles. The Labute approximate surface area is 380 Å². The van der Waals surface area contributed by atoms with Gasteiger partial charge in [-0.15, -0.1) is 6.42 Å². The van der Waals surface area contributed by atoms with Crippen LogP contribution in [0, 0.1) is 35.8 Å². The molecule has 65 heavy (non-hydrogen) atoms. The van der Waals surface area contributed by atoms with Crippen molar-refractivity contribution in [3.63, 3.8) is 0 Å². The minimum absolute atomic E-state index is 0.00550. The zero-order valence-electron chi connectivity index (χ0n) is 35.6. The number of hydrogen-bond acceptors (Lipinski definition) is 12. The number of nitrogens with zero attached hydrogens (tertiary/aromatic N) is 6. The number of rotatable bonds is 6. The number of hydrogen-bond donors (Lipinski definition) is 2. The van der Waals surface area contributed by atoms with Crippen LogP contribution in [0.15, 0.2) is 89.4 Å². The van der Waals surface area contributed by atoms with E-state index >= 15 is 0 Å². The molecule has 2 aliphatic heterocycles. The number of likely N-dealkylation sites (tertiary alicyclic amines) is 2. The summed E-state index contributed by atoms with van der Waals surface area (Å²) in [5.41, 5.74) is -1.42. The molecule has 2 aromatic heterocycles. The van der Waals surface area contributed by atoms with Gasteiger partial charge in [-0.3, -0.25) is 9.59 Å². The monoisotopic (exact) mass is 946 g/mol. The van der Waals surface area contributed by atoms with Crippen molar-refractivity contribution in [1.29, 1.82) is 0 Å². The first-order valence-corrected chi connectivity index (χ1v) is 20.9. The molecule has 6 aromatic rings. The molecule has 4 aromatic carbocycles. The molecule has 2 fully saturated rings. The normalized spacial score (nSPS) is 17.6. The van der Waals surface area contributed by atoms with Crippen molar-refractivity contribution < 1.29 is 47.6 Å². The number of fused-ring (bicyclic) bond motifs is 2. The smallest absolute Gasteiger partial charge is 0.357 e. The summed E-state index contributed by atoms with van der Waals surface area (Å²) in [5.74, 6) is 4.81. The fraction of sp³-hybridized carbons (Fsp3) is 0.250. The number of carbonyl (C=O) groups is 4. The van der Waals surface area contributed by atoms with Crippen LogP contribution in [0.25, 0.3) is 44.6 Å². The second kappa shape index (κ2) is 20.1. The lowest BCUT2D eigenvalue weighted by Gasteiger charge is -2.13. The van der Waals surface area contributed by atoms with Crippen molar-refractivity contribution in [1.82, 2.24) is 29.7 Å². The van der Waals surface area contributed by atoms with Gasteiger partial charge in [0.15, 0.2) is 23.0 Å². The van der Waals surface area contributed by atoms with Gasteiger partial charge < -0.3 is 29.5 Å². The highest BCUT2D eigenvalue weighted by Gasteiger charge is 2.43. The third-order valence-corrected chi connectivity index (χ3v) is 10.7. The quantitative estimate of drug-likeness (QED) is 0.144. The molecule has 0 spiro atoms. The van der Waals surface area contributed by atoms with Crippen molar-refractivity contribution in [3.8, 4) is 47.0 Å². The zero-order chi connectivity index (χ0) is 47.1. The highest BCUT2D eigenvalue weighted by molar-refractivity contribution is 9.10. The second-order valence-electron chi connectivity index (χ2n) is 14.7. The van der Waals surface area contributed by atoms with Crippen molar-refractivity contribution in [3.05, 3.63) is 118 Å². The van der Waals surface area contributed by atoms with Gasteiger partial charge in [-0.25, -0.2) is 38.3 Å². The first-order chi connectivity index (χ1) is 31.0. The molecule has 0 saturated carbocycles. The number of amides is 2. The summed E-state index contributed by atoms with van der Waals surface area (Å²) in [4.78, 5) is 67.8. The summed E-state index contributed by atoms with van der Waals surface area (Å²) >= 11 is 3.37. The van der Waals surface area contributed by atoms with Crippen molar-refractivity contribution in [2.45, 2.75) is 37.9 Å². The van der Waals surface area contributed by atoms with E-state index in [-0.39, 0.29) is 65.0 Å². The lowest BCUT2D eigenvalue weighted by atomic mass is 10.0. The average molecular weight is 948 g/mol. The number of terminal acetylenes is 1. The molecule has 2 amide bonds. The Morgan fingerprint density at radius 2 is 1.18 bits per heavy atom. The Morgan fingerprint density at radius 3 is 1.62 bits per heavy atom. The Hall–Kier alpha value is -7.18. The minimum Gasteiger partial charge on any atom is -0.461 e. The summed E-state index contributed by atoms with van der Waals surface area (Å²) in [5, 5.41) is 20.4. The molecule has 2 aliphatic rings. The largest absolute Gasteiger partial charge is 0.461 e. The van der Waals surface area contributed by atoms with Crippen LogP contribution in [0.4, 0.5) is 8.78 Å². The molecule has 4 heterocycles. The Balaban J connectivity index is 0.000000184. The van der Waals surface area contributed by atoms with Gasteiger partial charge in [0, 0.05) is 72.0 Å². The molecule has 332 valence electrons. The molecule has 0 unspecified atom stereocenters. The third kappa shape index (κ3) is 10.5. The van der Waals surface area contributed by atoms with Gasteiger partial charge >= 0.3 is 11.9 Å². The number of likely N-dealkylation sites (N-methyl/N-ethyl adjacent to an activating group) is 2. The molecule has 17 heteroatoms. The van der Waals surface area contributed by atoms with Gasteiger partial charge in [0.2, 0.25) is 11.2 Å². The summed E-state index contributed by atoms with van der Waals surface area (Å²) < 4.78 is 39.6. The van der Waals surface area contributed by atoms with Crippen LogP contribution in [0.5, 0.6) is 0 Å². The minimum atomic E-state index is -1.72. The molecule has 2 N–H and O–H groups in total. The van der Waals surface area contributed by atoms with Crippen LogP contribution >= 0.6 is 15.9 Å². The molecule has 2 atom stereocenters. The molecule has 0 aliphatic carbocycles. The maximum Gasteiger partial charge on any atom is 0.357 e. The van der Waals surface area contributed by atoms with E-state index in [0.29, 0.717) is 41.6 Å². The summed E-state index contributed by atoms with van der Waals surface area (Å²) in [7, 11) is 3.23. The standard InChI is InChI=1S/C24H20FN3O4.C17H12BrFN2O2.C7H9NO2/c1-3-32-22(29)20-17-8-5-9-18(25)19(17)26-21(27-20)16-7-4-6-15(14-16)10-11-24(31)12-13-28(2)23(24)30;1-2-23-17(22)15-12-7-4-8-13(19)14(12)20-16(21-15)10-5-3-6-11(18)9-10;1-3-7(10)4-5-8(2)6(7)9/h4-9,14,31H,3,12-13H2,1-2H3;3-9H,2H2,1H3;1,10H,4-5H2,2H3/t24-;;7-/m0.0/s1. The van der Waals surface area contributed by atoms with Crippen molar-refractivity contribution >= 4 is 61.5 Å². The number of ether oxygens (including phenoxy) is 2. The first kappa shape index (κ1) is 47.3. The second-order valence-corrected chi connectivity index (χ2v) is 15.6. The van der Waals surface area contributed by atoms with Gasteiger partial charge in [-0.05, 0) is 50.2 Å². The van der Waals surface area contributed by atoms with E-state index in [9.17, 15) is 38.2 Å². The highest BCUT2D eigenvalue weighted by Crippen LogP contribution is 2.28. The maximum absolute atomic E-state index is 14.5. The lowest BCUT2D eigenvalue weighted by Crippen LogP contribution is -2.37.